The van der Waals surface area contributed by atoms with E-state index >= 15 is 0 Å². The first-order valence-corrected chi connectivity index (χ1v) is 9.72. The van der Waals surface area contributed by atoms with Crippen molar-refractivity contribution >= 4 is 11.0 Å². The third-order valence-corrected chi connectivity index (χ3v) is 5.09. The van der Waals surface area contributed by atoms with Gasteiger partial charge in [0.15, 0.2) is 11.5 Å². The molecule has 30 heavy (non-hydrogen) atoms. The molecule has 0 saturated heterocycles. The van der Waals surface area contributed by atoms with Gasteiger partial charge in [-0.1, -0.05) is 29.8 Å². The Morgan fingerprint density at radius 2 is 1.67 bits per heavy atom. The summed E-state index contributed by atoms with van der Waals surface area (Å²) in [7, 11) is 1.60. The van der Waals surface area contributed by atoms with Crippen LogP contribution in [0.3, 0.4) is 0 Å². The molecule has 0 amide bonds. The Labute approximate surface area is 173 Å². The SMILES string of the molecule is CCn1c(=O)n(Cc2ccc(C)cc2)c(=O)c2cnc(-c3ccc(OC)cc3)nc21. The molecule has 0 atom stereocenters. The molecule has 2 aromatic carbocycles. The topological polar surface area (TPSA) is 79.0 Å². The zero-order valence-electron chi connectivity index (χ0n) is 17.1. The smallest absolute Gasteiger partial charge is 0.332 e. The summed E-state index contributed by atoms with van der Waals surface area (Å²) >= 11 is 0. The van der Waals surface area contributed by atoms with E-state index in [9.17, 15) is 9.59 Å². The largest absolute Gasteiger partial charge is 0.497 e. The first kappa shape index (κ1) is 19.6. The summed E-state index contributed by atoms with van der Waals surface area (Å²) in [6, 6.07) is 15.1. The summed E-state index contributed by atoms with van der Waals surface area (Å²) in [6.45, 7) is 4.45. The number of benzene rings is 2. The molecule has 4 rings (SSSR count). The van der Waals surface area contributed by atoms with Crippen LogP contribution < -0.4 is 16.0 Å². The van der Waals surface area contributed by atoms with Crippen LogP contribution in [0.2, 0.25) is 0 Å². The van der Waals surface area contributed by atoms with E-state index in [-0.39, 0.29) is 17.8 Å². The number of nitrogens with zero attached hydrogens (tertiary/aromatic N) is 4. The molecule has 0 radical (unpaired) electrons. The van der Waals surface area contributed by atoms with Crippen molar-refractivity contribution in [2.45, 2.75) is 26.9 Å². The highest BCUT2D eigenvalue weighted by Gasteiger charge is 2.15. The van der Waals surface area contributed by atoms with E-state index in [1.54, 1.807) is 7.11 Å². The molecule has 0 N–H and O–H groups in total. The van der Waals surface area contributed by atoms with Gasteiger partial charge in [0.25, 0.3) is 5.56 Å². The predicted octanol–water partition coefficient (Wildman–Crippen LogP) is 3.01. The summed E-state index contributed by atoms with van der Waals surface area (Å²) in [6.07, 6.45) is 1.50. The third kappa shape index (κ3) is 3.50. The van der Waals surface area contributed by atoms with Crippen LogP contribution >= 0.6 is 0 Å². The normalized spacial score (nSPS) is 11.0. The van der Waals surface area contributed by atoms with Gasteiger partial charge in [0, 0.05) is 18.3 Å². The van der Waals surface area contributed by atoms with Crippen LogP contribution in [0.25, 0.3) is 22.4 Å². The lowest BCUT2D eigenvalue weighted by Crippen LogP contribution is -2.40. The Balaban J connectivity index is 1.86. The van der Waals surface area contributed by atoms with E-state index in [0.29, 0.717) is 23.4 Å². The molecule has 2 heterocycles. The van der Waals surface area contributed by atoms with Crippen molar-refractivity contribution in [3.05, 3.63) is 86.7 Å². The molecule has 0 aliphatic heterocycles. The fraction of sp³-hybridized carbons (Fsp3) is 0.217. The highest BCUT2D eigenvalue weighted by atomic mass is 16.5. The molecular formula is C23H22N4O3. The van der Waals surface area contributed by atoms with Gasteiger partial charge in [-0.15, -0.1) is 0 Å². The molecule has 0 aliphatic rings. The van der Waals surface area contributed by atoms with Crippen molar-refractivity contribution < 1.29 is 4.74 Å². The van der Waals surface area contributed by atoms with Gasteiger partial charge in [0.05, 0.1) is 13.7 Å². The van der Waals surface area contributed by atoms with E-state index in [4.69, 9.17) is 4.74 Å². The second-order valence-electron chi connectivity index (χ2n) is 7.06. The maximum Gasteiger partial charge on any atom is 0.332 e. The van der Waals surface area contributed by atoms with Crippen molar-refractivity contribution in [3.63, 3.8) is 0 Å². The lowest BCUT2D eigenvalue weighted by Gasteiger charge is -2.13. The summed E-state index contributed by atoms with van der Waals surface area (Å²) in [5.74, 6) is 1.17. The van der Waals surface area contributed by atoms with Gasteiger partial charge in [0.2, 0.25) is 0 Å². The molecule has 0 saturated carbocycles. The number of hydrogen-bond acceptors (Lipinski definition) is 5. The monoisotopic (exact) mass is 402 g/mol. The molecule has 2 aromatic heterocycles. The summed E-state index contributed by atoms with van der Waals surface area (Å²) in [5, 5.41) is 0.320. The molecule has 0 aliphatic carbocycles. The van der Waals surface area contributed by atoms with Gasteiger partial charge in [0.1, 0.15) is 11.1 Å². The van der Waals surface area contributed by atoms with Crippen molar-refractivity contribution in [1.29, 1.82) is 0 Å². The zero-order valence-corrected chi connectivity index (χ0v) is 17.1. The summed E-state index contributed by atoms with van der Waals surface area (Å²) in [5.41, 5.74) is 2.36. The van der Waals surface area contributed by atoms with Crippen molar-refractivity contribution in [2.24, 2.45) is 0 Å². The maximum atomic E-state index is 13.1. The van der Waals surface area contributed by atoms with Gasteiger partial charge in [-0.2, -0.15) is 0 Å². The number of aromatic nitrogens is 4. The number of rotatable bonds is 5. The minimum Gasteiger partial charge on any atom is -0.497 e. The minimum absolute atomic E-state index is 0.202. The average Bonchev–Trinajstić information content (AvgIpc) is 2.78. The Hall–Kier alpha value is -3.74. The molecular weight excluding hydrogens is 380 g/mol. The molecule has 0 fully saturated rings. The third-order valence-electron chi connectivity index (χ3n) is 5.09. The van der Waals surface area contributed by atoms with Crippen LogP contribution in [0.1, 0.15) is 18.1 Å². The van der Waals surface area contributed by atoms with E-state index in [1.807, 2.05) is 62.4 Å². The van der Waals surface area contributed by atoms with Crippen molar-refractivity contribution in [2.75, 3.05) is 7.11 Å². The van der Waals surface area contributed by atoms with E-state index in [1.165, 1.54) is 15.3 Å². The Morgan fingerprint density at radius 3 is 2.30 bits per heavy atom. The zero-order chi connectivity index (χ0) is 21.3. The molecule has 0 bridgehead atoms. The highest BCUT2D eigenvalue weighted by Crippen LogP contribution is 2.20. The van der Waals surface area contributed by atoms with Crippen LogP contribution in [0.4, 0.5) is 0 Å². The van der Waals surface area contributed by atoms with E-state index in [2.05, 4.69) is 9.97 Å². The average molecular weight is 402 g/mol. The van der Waals surface area contributed by atoms with Crippen molar-refractivity contribution in [1.82, 2.24) is 19.1 Å². The lowest BCUT2D eigenvalue weighted by atomic mass is 10.1. The second kappa shape index (κ2) is 7.94. The van der Waals surface area contributed by atoms with Gasteiger partial charge in [-0.25, -0.2) is 14.8 Å². The molecule has 4 aromatic rings. The van der Waals surface area contributed by atoms with E-state index in [0.717, 1.165) is 22.4 Å². The summed E-state index contributed by atoms with van der Waals surface area (Å²) in [4.78, 5) is 35.1. The highest BCUT2D eigenvalue weighted by molar-refractivity contribution is 5.75. The van der Waals surface area contributed by atoms with Crippen LogP contribution in [-0.4, -0.2) is 26.2 Å². The van der Waals surface area contributed by atoms with Crippen LogP contribution in [0.15, 0.2) is 64.3 Å². The van der Waals surface area contributed by atoms with Gasteiger partial charge in [-0.05, 0) is 43.7 Å². The number of aryl methyl sites for hydroxylation is 2. The number of fused-ring (bicyclic) bond motifs is 1. The van der Waals surface area contributed by atoms with Gasteiger partial charge < -0.3 is 4.74 Å². The fourth-order valence-electron chi connectivity index (χ4n) is 3.38. The Kier molecular flexibility index (Phi) is 5.18. The maximum absolute atomic E-state index is 13.1. The Bertz CT molecular complexity index is 1320. The quantitative estimate of drug-likeness (QED) is 0.513. The first-order valence-electron chi connectivity index (χ1n) is 9.72. The van der Waals surface area contributed by atoms with Crippen molar-refractivity contribution in [3.8, 4) is 17.1 Å². The lowest BCUT2D eigenvalue weighted by molar-refractivity contribution is 0.415. The summed E-state index contributed by atoms with van der Waals surface area (Å²) < 4.78 is 7.94. The first-order chi connectivity index (χ1) is 14.5. The van der Waals surface area contributed by atoms with Crippen LogP contribution in [0.5, 0.6) is 5.75 Å². The molecule has 7 heteroatoms. The number of ether oxygens (including phenoxy) is 1. The molecule has 0 unspecified atom stereocenters. The molecule has 7 nitrogen and oxygen atoms in total. The second-order valence-corrected chi connectivity index (χ2v) is 7.06. The number of hydrogen-bond donors (Lipinski definition) is 0. The van der Waals surface area contributed by atoms with Crippen LogP contribution in [-0.2, 0) is 13.1 Å². The number of methoxy groups -OCH3 is 1. The van der Waals surface area contributed by atoms with Gasteiger partial charge in [-0.3, -0.25) is 13.9 Å². The van der Waals surface area contributed by atoms with Gasteiger partial charge >= 0.3 is 5.69 Å². The predicted molar refractivity (Wildman–Crippen MR) is 116 cm³/mol. The molecule has 152 valence electrons. The molecule has 0 spiro atoms. The Morgan fingerprint density at radius 1 is 0.967 bits per heavy atom. The minimum atomic E-state index is -0.387. The standard InChI is InChI=1S/C23H22N4O3/c1-4-26-21-19(13-24-20(25-21)17-9-11-18(30-3)12-10-17)22(28)27(23(26)29)14-16-7-5-15(2)6-8-16/h5-13H,4,14H2,1-3H3. The van der Waals surface area contributed by atoms with E-state index < -0.39 is 0 Å². The van der Waals surface area contributed by atoms with Crippen LogP contribution in [0, 0.1) is 6.92 Å². The fourth-order valence-corrected chi connectivity index (χ4v) is 3.38.